The van der Waals surface area contributed by atoms with Crippen molar-refractivity contribution in [1.29, 1.82) is 0 Å². The number of carbonyl (C=O) groups excluding carboxylic acids is 2. The number of rotatable bonds is 5. The van der Waals surface area contributed by atoms with Crippen LogP contribution in [0.25, 0.3) is 11.4 Å². The Bertz CT molecular complexity index is 1190. The lowest BCUT2D eigenvalue weighted by molar-refractivity contribution is -0.857. The van der Waals surface area contributed by atoms with E-state index >= 15 is 0 Å². The van der Waals surface area contributed by atoms with Crippen LogP contribution in [0.3, 0.4) is 0 Å². The van der Waals surface area contributed by atoms with Crippen LogP contribution in [0, 0.1) is 13.8 Å². The molecule has 2 N–H and O–H groups in total. The largest absolute Gasteiger partial charge is 0.505 e. The number of carbonyl (C=O) groups is 2. The van der Waals surface area contributed by atoms with Crippen LogP contribution in [-0.4, -0.2) is 58.3 Å². The molecule has 7 nitrogen and oxygen atoms in total. The van der Waals surface area contributed by atoms with E-state index < -0.39 is 17.7 Å². The normalized spacial score (nSPS) is 18.5. The summed E-state index contributed by atoms with van der Waals surface area (Å²) >= 11 is 0. The molecule has 1 saturated heterocycles. The van der Waals surface area contributed by atoms with Gasteiger partial charge in [0.1, 0.15) is 11.3 Å². The Hall–Kier alpha value is -3.45. The molecular formula is C24H27N4O3+. The molecule has 3 heterocycles. The highest BCUT2D eigenvalue weighted by molar-refractivity contribution is 6.46. The summed E-state index contributed by atoms with van der Waals surface area (Å²) in [5, 5.41) is 11.4. The number of hydrogen-bond acceptors (Lipinski definition) is 4. The predicted octanol–water partition coefficient (Wildman–Crippen LogP) is 1.52. The standard InChI is InChI=1S/C24H26N4O3/c1-15-8-10-17(11-9-15)21-19(23(30)24(31)28(21)14-13-26(3)4)22(29)20-16(2)25-18-7-5-6-12-27(18)20/h5-12,21,29H,13-14H2,1-4H3/p+1/b22-19+/t21-/m1/s1. The van der Waals surface area contributed by atoms with E-state index in [9.17, 15) is 14.7 Å². The van der Waals surface area contributed by atoms with Gasteiger partial charge in [0.2, 0.25) is 0 Å². The lowest BCUT2D eigenvalue weighted by Gasteiger charge is -2.25. The second-order valence-electron chi connectivity index (χ2n) is 8.33. The average Bonchev–Trinajstić information content (AvgIpc) is 3.20. The van der Waals surface area contributed by atoms with Crippen LogP contribution in [-0.2, 0) is 9.59 Å². The van der Waals surface area contributed by atoms with Gasteiger partial charge in [-0.1, -0.05) is 35.9 Å². The van der Waals surface area contributed by atoms with Crippen molar-refractivity contribution in [2.24, 2.45) is 0 Å². The van der Waals surface area contributed by atoms with Crippen LogP contribution < -0.4 is 4.90 Å². The van der Waals surface area contributed by atoms with E-state index in [-0.39, 0.29) is 11.3 Å². The Morgan fingerprint density at radius 1 is 1.10 bits per heavy atom. The molecule has 1 aliphatic rings. The number of aromatic nitrogens is 2. The Morgan fingerprint density at radius 3 is 2.48 bits per heavy atom. The summed E-state index contributed by atoms with van der Waals surface area (Å²) in [6.45, 7) is 4.87. The molecular weight excluding hydrogens is 392 g/mol. The van der Waals surface area contributed by atoms with Gasteiger partial charge in [-0.3, -0.25) is 14.0 Å². The molecule has 2 aromatic heterocycles. The fourth-order valence-corrected chi connectivity index (χ4v) is 4.08. The van der Waals surface area contributed by atoms with E-state index in [1.165, 1.54) is 4.90 Å². The van der Waals surface area contributed by atoms with Gasteiger partial charge in [0.25, 0.3) is 11.7 Å². The van der Waals surface area contributed by atoms with Crippen molar-refractivity contribution in [2.75, 3.05) is 27.2 Å². The molecule has 1 amide bonds. The Kier molecular flexibility index (Phi) is 5.37. The maximum atomic E-state index is 13.1. The smallest absolute Gasteiger partial charge is 0.295 e. The molecule has 1 fully saturated rings. The number of aliphatic hydroxyl groups excluding tert-OH is 1. The Morgan fingerprint density at radius 2 is 1.81 bits per heavy atom. The summed E-state index contributed by atoms with van der Waals surface area (Å²) in [7, 11) is 4.00. The number of benzene rings is 1. The molecule has 1 atom stereocenters. The summed E-state index contributed by atoms with van der Waals surface area (Å²) < 4.78 is 1.74. The Balaban J connectivity index is 1.92. The van der Waals surface area contributed by atoms with Crippen LogP contribution in [0.4, 0.5) is 0 Å². The minimum Gasteiger partial charge on any atom is -0.505 e. The molecule has 4 rings (SSSR count). The number of fused-ring (bicyclic) bond motifs is 1. The van der Waals surface area contributed by atoms with Gasteiger partial charge in [0.15, 0.2) is 5.76 Å². The number of likely N-dealkylation sites (N-methyl/N-ethyl adjacent to an activating group) is 1. The first-order valence-electron chi connectivity index (χ1n) is 10.4. The summed E-state index contributed by atoms with van der Waals surface area (Å²) in [5.74, 6) is -1.44. The zero-order valence-electron chi connectivity index (χ0n) is 18.2. The predicted molar refractivity (Wildman–Crippen MR) is 118 cm³/mol. The van der Waals surface area contributed by atoms with Crippen molar-refractivity contribution in [3.63, 3.8) is 0 Å². The van der Waals surface area contributed by atoms with E-state index in [2.05, 4.69) is 4.98 Å². The summed E-state index contributed by atoms with van der Waals surface area (Å²) in [4.78, 5) is 33.4. The van der Waals surface area contributed by atoms with Crippen LogP contribution >= 0.6 is 0 Å². The molecule has 3 aromatic rings. The first-order chi connectivity index (χ1) is 14.8. The number of amides is 1. The van der Waals surface area contributed by atoms with Gasteiger partial charge in [0, 0.05) is 6.20 Å². The molecule has 0 bridgehead atoms. The van der Waals surface area contributed by atoms with Gasteiger partial charge in [-0.05, 0) is 31.5 Å². The first kappa shape index (κ1) is 20.8. The molecule has 160 valence electrons. The van der Waals surface area contributed by atoms with Crippen molar-refractivity contribution in [2.45, 2.75) is 19.9 Å². The van der Waals surface area contributed by atoms with Gasteiger partial charge < -0.3 is 14.9 Å². The zero-order valence-corrected chi connectivity index (χ0v) is 18.2. The van der Waals surface area contributed by atoms with E-state index in [0.29, 0.717) is 30.1 Å². The van der Waals surface area contributed by atoms with Gasteiger partial charge >= 0.3 is 0 Å². The zero-order chi connectivity index (χ0) is 22.3. The number of aryl methyl sites for hydroxylation is 2. The number of nitrogens with zero attached hydrogens (tertiary/aromatic N) is 3. The van der Waals surface area contributed by atoms with Crippen LogP contribution in [0.5, 0.6) is 0 Å². The van der Waals surface area contributed by atoms with Crippen LogP contribution in [0.1, 0.15) is 28.6 Å². The first-order valence-corrected chi connectivity index (χ1v) is 10.4. The van der Waals surface area contributed by atoms with E-state index in [0.717, 1.165) is 11.1 Å². The van der Waals surface area contributed by atoms with Crippen molar-refractivity contribution in [3.05, 3.63) is 76.7 Å². The highest BCUT2D eigenvalue weighted by atomic mass is 16.3. The number of ketones is 1. The molecule has 1 aliphatic heterocycles. The average molecular weight is 420 g/mol. The summed E-state index contributed by atoms with van der Waals surface area (Å²) in [6, 6.07) is 12.6. The highest BCUT2D eigenvalue weighted by Crippen LogP contribution is 2.39. The molecule has 0 saturated carbocycles. The number of imidazole rings is 1. The van der Waals surface area contributed by atoms with Crippen molar-refractivity contribution >= 4 is 23.1 Å². The topological polar surface area (TPSA) is 79.3 Å². The molecule has 0 radical (unpaired) electrons. The monoisotopic (exact) mass is 419 g/mol. The van der Waals surface area contributed by atoms with E-state index in [4.69, 9.17) is 0 Å². The third-order valence-corrected chi connectivity index (χ3v) is 5.71. The second kappa shape index (κ2) is 8.00. The van der Waals surface area contributed by atoms with Gasteiger partial charge in [-0.2, -0.15) is 0 Å². The SMILES string of the molecule is Cc1ccc([C@@H]2/C(=C(\O)c3c(C)nc4ccccn34)C(=O)C(=O)N2CC[NH+](C)C)cc1. The fourth-order valence-electron chi connectivity index (χ4n) is 4.08. The number of nitrogens with one attached hydrogen (secondary N) is 1. The third kappa shape index (κ3) is 3.61. The highest BCUT2D eigenvalue weighted by Gasteiger charge is 2.46. The molecule has 0 aliphatic carbocycles. The molecule has 31 heavy (non-hydrogen) atoms. The van der Waals surface area contributed by atoms with Crippen molar-refractivity contribution < 1.29 is 19.6 Å². The lowest BCUT2D eigenvalue weighted by atomic mass is 9.95. The number of hydrogen-bond donors (Lipinski definition) is 2. The number of aliphatic hydroxyl groups is 1. The maximum Gasteiger partial charge on any atom is 0.295 e. The van der Waals surface area contributed by atoms with Crippen LogP contribution in [0.15, 0.2) is 54.2 Å². The molecule has 1 aromatic carbocycles. The minimum atomic E-state index is -0.665. The summed E-state index contributed by atoms with van der Waals surface area (Å²) in [5.41, 5.74) is 3.68. The van der Waals surface area contributed by atoms with Gasteiger partial charge in [-0.15, -0.1) is 0 Å². The fraction of sp³-hybridized carbons (Fsp3) is 0.292. The number of likely N-dealkylation sites (tertiary alicyclic amines) is 1. The van der Waals surface area contributed by atoms with Crippen LogP contribution in [0.2, 0.25) is 0 Å². The lowest BCUT2D eigenvalue weighted by Crippen LogP contribution is -3.06. The van der Waals surface area contributed by atoms with Crippen molar-refractivity contribution in [1.82, 2.24) is 14.3 Å². The molecule has 7 heteroatoms. The van der Waals surface area contributed by atoms with Gasteiger partial charge in [0.05, 0.1) is 44.5 Å². The number of Topliss-reactive ketones (excluding diaryl/α,β-unsaturated/α-hetero) is 1. The Labute approximate surface area is 181 Å². The van der Waals surface area contributed by atoms with Gasteiger partial charge in [-0.25, -0.2) is 4.98 Å². The summed E-state index contributed by atoms with van der Waals surface area (Å²) in [6.07, 6.45) is 1.79. The molecule has 0 spiro atoms. The van der Waals surface area contributed by atoms with E-state index in [1.807, 2.05) is 63.5 Å². The second-order valence-corrected chi connectivity index (χ2v) is 8.33. The third-order valence-electron chi connectivity index (χ3n) is 5.71. The molecule has 0 unspecified atom stereocenters. The number of pyridine rings is 1. The maximum absolute atomic E-state index is 13.1. The minimum absolute atomic E-state index is 0.108. The number of quaternary nitrogens is 1. The van der Waals surface area contributed by atoms with Crippen molar-refractivity contribution in [3.8, 4) is 0 Å². The van der Waals surface area contributed by atoms with E-state index in [1.54, 1.807) is 22.4 Å². The quantitative estimate of drug-likeness (QED) is 0.373.